The van der Waals surface area contributed by atoms with Crippen molar-refractivity contribution in [2.24, 2.45) is 4.99 Å². The van der Waals surface area contributed by atoms with E-state index in [1.807, 2.05) is 0 Å². The molecule has 3 heteroatoms. The number of hydrogen-bond acceptors (Lipinski definition) is 2. The van der Waals surface area contributed by atoms with Crippen LogP contribution in [0, 0.1) is 6.92 Å². The quantitative estimate of drug-likeness (QED) is 0.497. The number of aliphatic imine (C=N–C) groups is 1. The van der Waals surface area contributed by atoms with Crippen molar-refractivity contribution in [1.29, 1.82) is 0 Å². The number of benzene rings is 1. The van der Waals surface area contributed by atoms with E-state index in [4.69, 9.17) is 16.6 Å². The van der Waals surface area contributed by atoms with Crippen LogP contribution in [0.2, 0.25) is 0 Å². The summed E-state index contributed by atoms with van der Waals surface area (Å²) >= 11 is 6.61. The van der Waals surface area contributed by atoms with Crippen LogP contribution in [0.5, 0.6) is 0 Å². The van der Waals surface area contributed by atoms with Gasteiger partial charge in [0.25, 0.3) is 0 Å². The molecule has 1 aromatic carbocycles. The van der Waals surface area contributed by atoms with Gasteiger partial charge in [-0.1, -0.05) is 36.2 Å². The number of nitrogens with zero attached hydrogens (tertiary/aromatic N) is 2. The molecule has 0 saturated carbocycles. The Bertz CT molecular complexity index is 467. The highest BCUT2D eigenvalue weighted by atomic mass is 35.5. The van der Waals surface area contributed by atoms with Crippen LogP contribution in [0.4, 0.5) is 5.69 Å². The lowest BCUT2D eigenvalue weighted by molar-refractivity contribution is 0.387. The maximum atomic E-state index is 6.61. The van der Waals surface area contributed by atoms with Crippen molar-refractivity contribution in [3.8, 4) is 0 Å². The summed E-state index contributed by atoms with van der Waals surface area (Å²) in [6.45, 7) is 3.15. The van der Waals surface area contributed by atoms with Gasteiger partial charge in [-0.3, -0.25) is 0 Å². The topological polar surface area (TPSA) is 15.6 Å². The van der Waals surface area contributed by atoms with Crippen LogP contribution in [0.3, 0.4) is 0 Å². The van der Waals surface area contributed by atoms with Gasteiger partial charge in [-0.2, -0.15) is 0 Å². The fraction of sp³-hybridized carbons (Fsp3) is 0.500. The van der Waals surface area contributed by atoms with E-state index in [0.717, 1.165) is 24.2 Å². The van der Waals surface area contributed by atoms with Crippen LogP contribution in [-0.4, -0.2) is 17.3 Å². The Morgan fingerprint density at radius 1 is 1.29 bits per heavy atom. The van der Waals surface area contributed by atoms with E-state index in [2.05, 4.69) is 30.0 Å². The van der Waals surface area contributed by atoms with Crippen LogP contribution < -0.4 is 0 Å². The molecule has 0 aromatic heterocycles. The van der Waals surface area contributed by atoms with Crippen molar-refractivity contribution in [3.63, 3.8) is 0 Å². The number of halogens is 1. The summed E-state index contributed by atoms with van der Waals surface area (Å²) in [5, 5.41) is 0. The number of amidine groups is 1. The Labute approximate surface area is 107 Å². The lowest BCUT2D eigenvalue weighted by Gasteiger charge is -2.34. The lowest BCUT2D eigenvalue weighted by atomic mass is 10.1. The van der Waals surface area contributed by atoms with Gasteiger partial charge in [0.2, 0.25) is 0 Å². The molecule has 1 unspecified atom stereocenters. The van der Waals surface area contributed by atoms with Crippen LogP contribution in [0.1, 0.15) is 42.3 Å². The van der Waals surface area contributed by atoms with Gasteiger partial charge in [-0.15, -0.1) is 0 Å². The molecule has 17 heavy (non-hydrogen) atoms. The van der Waals surface area contributed by atoms with E-state index in [1.54, 1.807) is 0 Å². The Hall–Kier alpha value is -1.02. The minimum Gasteiger partial charge on any atom is -0.340 e. The second kappa shape index (κ2) is 4.34. The molecule has 1 atom stereocenters. The second-order valence-electron chi connectivity index (χ2n) is 4.88. The van der Waals surface area contributed by atoms with E-state index in [-0.39, 0.29) is 5.50 Å². The molecule has 0 spiro atoms. The third-order valence-corrected chi connectivity index (χ3v) is 4.14. The molecule has 2 heterocycles. The summed E-state index contributed by atoms with van der Waals surface area (Å²) in [6, 6.07) is 6.28. The fourth-order valence-corrected chi connectivity index (χ4v) is 3.09. The van der Waals surface area contributed by atoms with E-state index in [9.17, 15) is 0 Å². The molecule has 90 valence electrons. The summed E-state index contributed by atoms with van der Waals surface area (Å²) in [7, 11) is 0. The highest BCUT2D eigenvalue weighted by molar-refractivity contribution is 6.22. The number of hydrogen-bond donors (Lipinski definition) is 0. The highest BCUT2D eigenvalue weighted by Gasteiger charge is 2.29. The van der Waals surface area contributed by atoms with E-state index < -0.39 is 0 Å². The van der Waals surface area contributed by atoms with Gasteiger partial charge in [-0.25, -0.2) is 4.99 Å². The van der Waals surface area contributed by atoms with Gasteiger partial charge in [0.15, 0.2) is 0 Å². The second-order valence-corrected chi connectivity index (χ2v) is 5.29. The largest absolute Gasteiger partial charge is 0.340 e. The number of para-hydroxylation sites is 1. The first-order valence-electron chi connectivity index (χ1n) is 6.35. The van der Waals surface area contributed by atoms with Gasteiger partial charge >= 0.3 is 0 Å². The average Bonchev–Trinajstić information content (AvgIpc) is 2.56. The van der Waals surface area contributed by atoms with Crippen molar-refractivity contribution in [3.05, 3.63) is 29.3 Å². The smallest absolute Gasteiger partial charge is 0.132 e. The molecule has 1 fully saturated rings. The monoisotopic (exact) mass is 248 g/mol. The number of aryl methyl sites for hydroxylation is 1. The van der Waals surface area contributed by atoms with Crippen LogP contribution in [0.15, 0.2) is 23.2 Å². The molecule has 1 saturated heterocycles. The minimum atomic E-state index is -0.0319. The molecule has 0 amide bonds. The highest BCUT2D eigenvalue weighted by Crippen LogP contribution is 2.40. The molecule has 1 aromatic rings. The summed E-state index contributed by atoms with van der Waals surface area (Å²) < 4.78 is 0. The minimum absolute atomic E-state index is 0.0319. The molecular formula is C14H17ClN2. The molecule has 0 radical (unpaired) electrons. The average molecular weight is 249 g/mol. The molecule has 0 aliphatic carbocycles. The van der Waals surface area contributed by atoms with Crippen molar-refractivity contribution >= 4 is 23.1 Å². The van der Waals surface area contributed by atoms with Crippen molar-refractivity contribution in [1.82, 2.24) is 4.90 Å². The zero-order valence-corrected chi connectivity index (χ0v) is 10.9. The van der Waals surface area contributed by atoms with Gasteiger partial charge < -0.3 is 4.90 Å². The van der Waals surface area contributed by atoms with E-state index >= 15 is 0 Å². The van der Waals surface area contributed by atoms with E-state index in [1.165, 1.54) is 30.7 Å². The first kappa shape index (κ1) is 11.1. The maximum Gasteiger partial charge on any atom is 0.132 e. The molecular weight excluding hydrogens is 232 g/mol. The molecule has 3 rings (SSSR count). The molecule has 0 N–H and O–H groups in total. The zero-order valence-electron chi connectivity index (χ0n) is 10.1. The first-order valence-corrected chi connectivity index (χ1v) is 6.79. The summed E-state index contributed by atoms with van der Waals surface area (Å²) in [6.07, 6.45) is 4.81. The third-order valence-electron chi connectivity index (χ3n) is 3.67. The van der Waals surface area contributed by atoms with Crippen LogP contribution >= 0.6 is 11.6 Å². The van der Waals surface area contributed by atoms with Crippen LogP contribution in [-0.2, 0) is 0 Å². The van der Waals surface area contributed by atoms with Crippen molar-refractivity contribution < 1.29 is 0 Å². The third kappa shape index (κ3) is 1.85. The predicted octanol–water partition coefficient (Wildman–Crippen LogP) is 4.15. The number of rotatable bonds is 0. The van der Waals surface area contributed by atoms with Gasteiger partial charge in [0.05, 0.1) is 5.69 Å². The lowest BCUT2D eigenvalue weighted by Crippen LogP contribution is -2.34. The summed E-state index contributed by atoms with van der Waals surface area (Å²) in [5.41, 5.74) is 3.46. The normalized spacial score (nSPS) is 23.5. The fourth-order valence-electron chi connectivity index (χ4n) is 2.70. The molecule has 0 bridgehead atoms. The first-order chi connectivity index (χ1) is 8.27. The van der Waals surface area contributed by atoms with Crippen molar-refractivity contribution in [2.45, 2.75) is 38.1 Å². The number of fused-ring (bicyclic) bond motifs is 2. The standard InChI is InChI=1S/C14H17ClN2/c1-10-6-5-7-11-13(10)16-12-8-3-2-4-9-17(12)14(11)15/h5-7,14H,2-4,8-9H2,1H3. The summed E-state index contributed by atoms with van der Waals surface area (Å²) in [5.74, 6) is 1.18. The number of alkyl halides is 1. The zero-order chi connectivity index (χ0) is 11.8. The van der Waals surface area contributed by atoms with Gasteiger partial charge in [0, 0.05) is 18.5 Å². The maximum absolute atomic E-state index is 6.61. The van der Waals surface area contributed by atoms with E-state index in [0.29, 0.717) is 0 Å². The van der Waals surface area contributed by atoms with Crippen LogP contribution in [0.25, 0.3) is 0 Å². The molecule has 2 aliphatic heterocycles. The van der Waals surface area contributed by atoms with Crippen molar-refractivity contribution in [2.75, 3.05) is 6.54 Å². The SMILES string of the molecule is Cc1cccc2c1N=C1CCCCCN1C2Cl. The Kier molecular flexibility index (Phi) is 2.83. The Balaban J connectivity index is 2.10. The Morgan fingerprint density at radius 3 is 3.06 bits per heavy atom. The van der Waals surface area contributed by atoms with Gasteiger partial charge in [-0.05, 0) is 25.3 Å². The molecule has 2 nitrogen and oxygen atoms in total. The molecule has 2 aliphatic rings. The predicted molar refractivity (Wildman–Crippen MR) is 72.0 cm³/mol. The van der Waals surface area contributed by atoms with Gasteiger partial charge in [0.1, 0.15) is 11.3 Å². The summed E-state index contributed by atoms with van der Waals surface area (Å²) in [4.78, 5) is 7.11. The Morgan fingerprint density at radius 2 is 2.18 bits per heavy atom.